The summed E-state index contributed by atoms with van der Waals surface area (Å²) in [6.45, 7) is 7.46. The van der Waals surface area contributed by atoms with E-state index in [1.165, 1.54) is 109 Å². The first-order chi connectivity index (χ1) is 29.6. The first kappa shape index (κ1) is 57.1. The Morgan fingerprint density at radius 2 is 0.750 bits per heavy atom. The Hall–Kier alpha value is -2.92. The lowest BCUT2D eigenvalue weighted by Gasteiger charge is -2.18. The molecular formula is C55H94O5. The van der Waals surface area contributed by atoms with Crippen molar-refractivity contribution < 1.29 is 23.8 Å². The van der Waals surface area contributed by atoms with Gasteiger partial charge in [-0.25, -0.2) is 0 Å². The van der Waals surface area contributed by atoms with Gasteiger partial charge in [0.1, 0.15) is 6.61 Å². The van der Waals surface area contributed by atoms with Crippen molar-refractivity contribution in [3.8, 4) is 0 Å². The van der Waals surface area contributed by atoms with Crippen molar-refractivity contribution in [3.05, 3.63) is 85.1 Å². The number of hydrogen-bond acceptors (Lipinski definition) is 5. The number of allylic oxidation sites excluding steroid dienone is 13. The van der Waals surface area contributed by atoms with Gasteiger partial charge in [-0.15, -0.1) is 0 Å². The first-order valence-electron chi connectivity index (χ1n) is 25.1. The highest BCUT2D eigenvalue weighted by Crippen LogP contribution is 2.14. The summed E-state index contributed by atoms with van der Waals surface area (Å²) in [5.41, 5.74) is 0. The molecular weight excluding hydrogens is 741 g/mol. The standard InChI is InChI=1S/C55H94O5/c1-4-7-10-13-16-19-21-23-25-27-28-29-30-32-34-37-39-42-45-48-54(56)59-52-53(60-55(57)49-46-43-40-36-18-15-12-9-6-3)51-58-50-47-44-41-38-35-33-31-26-24-22-20-17-14-11-8-5-2/h8,11,16-17,19-20,23-26,33,35,41,44,53H,4-7,9-10,12-15,18,21-22,27-32,34,36-40,42-43,45-52H2,1-3H3/b11-8-,19-16-,20-17-,25-23-,26-24-,35-33-,44-41-. The van der Waals surface area contributed by atoms with Gasteiger partial charge in [-0.2, -0.15) is 0 Å². The lowest BCUT2D eigenvalue weighted by atomic mass is 10.1. The zero-order valence-corrected chi connectivity index (χ0v) is 39.5. The average Bonchev–Trinajstić information content (AvgIpc) is 3.25. The van der Waals surface area contributed by atoms with Crippen LogP contribution in [0.1, 0.15) is 226 Å². The van der Waals surface area contributed by atoms with Gasteiger partial charge >= 0.3 is 11.9 Å². The van der Waals surface area contributed by atoms with E-state index in [-0.39, 0.29) is 25.2 Å². The van der Waals surface area contributed by atoms with Gasteiger partial charge in [0.15, 0.2) is 6.10 Å². The van der Waals surface area contributed by atoms with Crippen LogP contribution < -0.4 is 0 Å². The van der Waals surface area contributed by atoms with Gasteiger partial charge in [-0.05, 0) is 83.5 Å². The number of rotatable bonds is 45. The van der Waals surface area contributed by atoms with Crippen molar-refractivity contribution in [2.45, 2.75) is 232 Å². The summed E-state index contributed by atoms with van der Waals surface area (Å²) in [7, 11) is 0. The number of carbonyl (C=O) groups excluding carboxylic acids is 2. The number of hydrogen-bond donors (Lipinski definition) is 0. The summed E-state index contributed by atoms with van der Waals surface area (Å²) in [5.74, 6) is -0.445. The van der Waals surface area contributed by atoms with E-state index in [2.05, 4.69) is 106 Å². The Kier molecular flexibility index (Phi) is 48.0. The minimum atomic E-state index is -0.577. The molecule has 0 aromatic rings. The molecule has 344 valence electrons. The van der Waals surface area contributed by atoms with Crippen LogP contribution in [0.5, 0.6) is 0 Å². The predicted molar refractivity (Wildman–Crippen MR) is 260 cm³/mol. The highest BCUT2D eigenvalue weighted by Gasteiger charge is 2.17. The van der Waals surface area contributed by atoms with E-state index in [1.807, 2.05) is 0 Å². The molecule has 0 aromatic heterocycles. The average molecular weight is 835 g/mol. The predicted octanol–water partition coefficient (Wildman–Crippen LogP) is 16.9. The quantitative estimate of drug-likeness (QED) is 0.0347. The van der Waals surface area contributed by atoms with Crippen LogP contribution in [0.4, 0.5) is 0 Å². The van der Waals surface area contributed by atoms with Gasteiger partial charge in [0.2, 0.25) is 0 Å². The van der Waals surface area contributed by atoms with E-state index < -0.39 is 6.10 Å². The molecule has 0 spiro atoms. The molecule has 5 nitrogen and oxygen atoms in total. The topological polar surface area (TPSA) is 61.8 Å². The molecule has 0 aliphatic rings. The summed E-state index contributed by atoms with van der Waals surface area (Å²) in [6.07, 6.45) is 66.1. The van der Waals surface area contributed by atoms with E-state index in [0.29, 0.717) is 19.4 Å². The molecule has 0 aromatic carbocycles. The van der Waals surface area contributed by atoms with Crippen LogP contribution in [0, 0.1) is 0 Å². The van der Waals surface area contributed by atoms with Crippen LogP contribution in [-0.2, 0) is 23.8 Å². The second kappa shape index (κ2) is 50.4. The van der Waals surface area contributed by atoms with Gasteiger partial charge in [-0.3, -0.25) is 9.59 Å². The summed E-state index contributed by atoms with van der Waals surface area (Å²) in [5, 5.41) is 0. The number of carbonyl (C=O) groups is 2. The third-order valence-corrected chi connectivity index (χ3v) is 10.4. The maximum absolute atomic E-state index is 12.7. The SMILES string of the molecule is CC/C=C\C/C=C\C/C=C\C/C=C\C/C=C\CCOCC(COC(=O)CCCCCCCCCCC/C=C\C/C=C\CCCCC)OC(=O)CCCCCCCCCCC. The molecule has 0 aliphatic carbocycles. The van der Waals surface area contributed by atoms with Crippen molar-refractivity contribution in [3.63, 3.8) is 0 Å². The normalized spacial score (nSPS) is 12.9. The van der Waals surface area contributed by atoms with Gasteiger partial charge in [0.05, 0.1) is 13.2 Å². The Labute approximate surface area is 371 Å². The number of esters is 2. The molecule has 0 heterocycles. The summed E-state index contributed by atoms with van der Waals surface area (Å²) >= 11 is 0. The maximum atomic E-state index is 12.7. The highest BCUT2D eigenvalue weighted by atomic mass is 16.6. The van der Waals surface area contributed by atoms with Gasteiger partial charge in [0.25, 0.3) is 0 Å². The van der Waals surface area contributed by atoms with E-state index in [0.717, 1.165) is 83.5 Å². The van der Waals surface area contributed by atoms with Crippen LogP contribution >= 0.6 is 0 Å². The lowest BCUT2D eigenvalue weighted by Crippen LogP contribution is -2.30. The molecule has 0 amide bonds. The molecule has 60 heavy (non-hydrogen) atoms. The molecule has 0 saturated carbocycles. The van der Waals surface area contributed by atoms with E-state index >= 15 is 0 Å². The fraction of sp³-hybridized carbons (Fsp3) is 0.709. The van der Waals surface area contributed by atoms with Crippen LogP contribution in [0.3, 0.4) is 0 Å². The molecule has 0 fully saturated rings. The monoisotopic (exact) mass is 835 g/mol. The third-order valence-electron chi connectivity index (χ3n) is 10.4. The minimum Gasteiger partial charge on any atom is -0.462 e. The van der Waals surface area contributed by atoms with Gasteiger partial charge < -0.3 is 14.2 Å². The third kappa shape index (κ3) is 47.8. The van der Waals surface area contributed by atoms with Gasteiger partial charge in [0, 0.05) is 12.8 Å². The van der Waals surface area contributed by atoms with Crippen LogP contribution in [0.2, 0.25) is 0 Å². The van der Waals surface area contributed by atoms with Crippen molar-refractivity contribution >= 4 is 11.9 Å². The van der Waals surface area contributed by atoms with E-state index in [9.17, 15) is 9.59 Å². The Bertz CT molecular complexity index is 1130. The van der Waals surface area contributed by atoms with Crippen molar-refractivity contribution in [1.82, 2.24) is 0 Å². The second-order valence-electron chi connectivity index (χ2n) is 16.3. The van der Waals surface area contributed by atoms with Crippen molar-refractivity contribution in [2.75, 3.05) is 19.8 Å². The molecule has 0 aliphatic heterocycles. The fourth-order valence-corrected chi connectivity index (χ4v) is 6.72. The maximum Gasteiger partial charge on any atom is 0.306 e. The molecule has 5 heteroatoms. The van der Waals surface area contributed by atoms with Crippen molar-refractivity contribution in [1.29, 1.82) is 0 Å². The largest absolute Gasteiger partial charge is 0.462 e. The van der Waals surface area contributed by atoms with Gasteiger partial charge in [-0.1, -0.05) is 215 Å². The molecule has 0 rings (SSSR count). The smallest absolute Gasteiger partial charge is 0.306 e. The van der Waals surface area contributed by atoms with Crippen LogP contribution in [-0.4, -0.2) is 37.9 Å². The van der Waals surface area contributed by atoms with Crippen LogP contribution in [0.25, 0.3) is 0 Å². The van der Waals surface area contributed by atoms with E-state index in [4.69, 9.17) is 14.2 Å². The first-order valence-corrected chi connectivity index (χ1v) is 25.1. The summed E-state index contributed by atoms with van der Waals surface area (Å²) in [4.78, 5) is 25.3. The van der Waals surface area contributed by atoms with Crippen LogP contribution in [0.15, 0.2) is 85.1 Å². The highest BCUT2D eigenvalue weighted by molar-refractivity contribution is 5.70. The summed E-state index contributed by atoms with van der Waals surface area (Å²) in [6, 6.07) is 0. The Balaban J connectivity index is 4.29. The molecule has 1 unspecified atom stereocenters. The molecule has 1 atom stereocenters. The molecule has 0 saturated heterocycles. The fourth-order valence-electron chi connectivity index (χ4n) is 6.72. The number of unbranched alkanes of at least 4 members (excludes halogenated alkanes) is 20. The Morgan fingerprint density at radius 3 is 1.23 bits per heavy atom. The molecule has 0 N–H and O–H groups in total. The molecule has 0 radical (unpaired) electrons. The zero-order valence-electron chi connectivity index (χ0n) is 39.5. The summed E-state index contributed by atoms with van der Waals surface area (Å²) < 4.78 is 17.2. The lowest BCUT2D eigenvalue weighted by molar-refractivity contribution is -0.162. The molecule has 0 bridgehead atoms. The minimum absolute atomic E-state index is 0.0516. The Morgan fingerprint density at radius 1 is 0.383 bits per heavy atom. The van der Waals surface area contributed by atoms with Crippen molar-refractivity contribution in [2.24, 2.45) is 0 Å². The number of ether oxygens (including phenoxy) is 3. The second-order valence-corrected chi connectivity index (χ2v) is 16.3. The zero-order chi connectivity index (χ0) is 43.5. The van der Waals surface area contributed by atoms with E-state index in [1.54, 1.807) is 0 Å².